The first-order chi connectivity index (χ1) is 8.89. The van der Waals surface area contributed by atoms with Crippen molar-refractivity contribution in [2.75, 3.05) is 6.61 Å². The Labute approximate surface area is 110 Å². The number of aromatic nitrogens is 2. The van der Waals surface area contributed by atoms with E-state index in [4.69, 9.17) is 0 Å². The van der Waals surface area contributed by atoms with E-state index in [2.05, 4.69) is 4.98 Å². The summed E-state index contributed by atoms with van der Waals surface area (Å²) in [5.74, 6) is 0. The zero-order valence-corrected chi connectivity index (χ0v) is 11.2. The lowest BCUT2D eigenvalue weighted by Crippen LogP contribution is -2.35. The Balaban J connectivity index is 2.16. The molecular weight excluding hydrogens is 248 g/mol. The number of aryl methyl sites for hydroxylation is 1. The van der Waals surface area contributed by atoms with E-state index in [0.29, 0.717) is 12.0 Å². The van der Waals surface area contributed by atoms with Crippen molar-refractivity contribution in [3.63, 3.8) is 0 Å². The summed E-state index contributed by atoms with van der Waals surface area (Å²) in [5.41, 5.74) is -0.772. The van der Waals surface area contributed by atoms with Crippen LogP contribution in [-0.4, -0.2) is 32.5 Å². The molecule has 6 nitrogen and oxygen atoms in total. The van der Waals surface area contributed by atoms with Crippen LogP contribution in [0.2, 0.25) is 0 Å². The van der Waals surface area contributed by atoms with Crippen molar-refractivity contribution in [3.8, 4) is 0 Å². The van der Waals surface area contributed by atoms with Crippen molar-refractivity contribution in [3.05, 3.63) is 32.6 Å². The van der Waals surface area contributed by atoms with E-state index in [-0.39, 0.29) is 23.6 Å². The number of hydrogen-bond acceptors (Lipinski definition) is 4. The van der Waals surface area contributed by atoms with Gasteiger partial charge < -0.3 is 10.2 Å². The van der Waals surface area contributed by atoms with E-state index in [9.17, 15) is 19.8 Å². The van der Waals surface area contributed by atoms with Gasteiger partial charge in [-0.2, -0.15) is 0 Å². The molecule has 0 spiro atoms. The second-order valence-electron chi connectivity index (χ2n) is 5.60. The van der Waals surface area contributed by atoms with E-state index < -0.39 is 11.8 Å². The Morgan fingerprint density at radius 1 is 1.47 bits per heavy atom. The number of aliphatic hydroxyl groups excluding tert-OH is 2. The average Bonchev–Trinajstić information content (AvgIpc) is 3.14. The topological polar surface area (TPSA) is 95.3 Å². The van der Waals surface area contributed by atoms with Gasteiger partial charge in [0.25, 0.3) is 5.56 Å². The van der Waals surface area contributed by atoms with Crippen molar-refractivity contribution in [1.82, 2.24) is 9.55 Å². The zero-order valence-electron chi connectivity index (χ0n) is 11.2. The molecule has 1 aliphatic carbocycles. The van der Waals surface area contributed by atoms with Gasteiger partial charge in [0.15, 0.2) is 0 Å². The second-order valence-corrected chi connectivity index (χ2v) is 5.60. The molecule has 0 radical (unpaired) electrons. The van der Waals surface area contributed by atoms with Crippen LogP contribution in [0.25, 0.3) is 0 Å². The number of rotatable bonds is 5. The molecule has 1 fully saturated rings. The number of aromatic amines is 1. The predicted molar refractivity (Wildman–Crippen MR) is 70.1 cm³/mol. The van der Waals surface area contributed by atoms with Gasteiger partial charge >= 0.3 is 5.69 Å². The van der Waals surface area contributed by atoms with E-state index in [1.165, 1.54) is 10.8 Å². The van der Waals surface area contributed by atoms with Gasteiger partial charge in [0.05, 0.1) is 12.7 Å². The smallest absolute Gasteiger partial charge is 0.328 e. The summed E-state index contributed by atoms with van der Waals surface area (Å²) in [4.78, 5) is 25.3. The second kappa shape index (κ2) is 4.94. The normalized spacial score (nSPS) is 20.0. The Morgan fingerprint density at radius 2 is 2.11 bits per heavy atom. The molecule has 0 amide bonds. The van der Waals surface area contributed by atoms with Gasteiger partial charge in [-0.15, -0.1) is 0 Å². The Hall–Kier alpha value is -1.40. The third-order valence-corrected chi connectivity index (χ3v) is 4.10. The highest BCUT2D eigenvalue weighted by atomic mass is 16.3. The summed E-state index contributed by atoms with van der Waals surface area (Å²) in [6.45, 7) is 3.42. The van der Waals surface area contributed by atoms with Gasteiger partial charge in [-0.3, -0.25) is 14.3 Å². The lowest BCUT2D eigenvalue weighted by Gasteiger charge is -2.24. The highest BCUT2D eigenvalue weighted by molar-refractivity contribution is 5.03. The van der Waals surface area contributed by atoms with Crippen LogP contribution < -0.4 is 11.2 Å². The van der Waals surface area contributed by atoms with Crippen LogP contribution in [0, 0.1) is 12.3 Å². The minimum absolute atomic E-state index is 0.0273. The number of H-pyrrole nitrogens is 1. The zero-order chi connectivity index (χ0) is 14.2. The molecule has 1 aromatic heterocycles. The average molecular weight is 268 g/mol. The fourth-order valence-electron chi connectivity index (χ4n) is 2.36. The minimum Gasteiger partial charge on any atom is -0.396 e. The number of aliphatic hydroxyl groups is 2. The third kappa shape index (κ3) is 2.64. The first kappa shape index (κ1) is 14.0. The van der Waals surface area contributed by atoms with E-state index in [1.807, 2.05) is 6.92 Å². The maximum atomic E-state index is 11.7. The first-order valence-electron chi connectivity index (χ1n) is 6.50. The highest BCUT2D eigenvalue weighted by Crippen LogP contribution is 2.49. The molecule has 2 rings (SSSR count). The number of nitrogens with zero attached hydrogens (tertiary/aromatic N) is 1. The molecule has 0 aliphatic heterocycles. The predicted octanol–water partition coefficient (Wildman–Crippen LogP) is -0.0705. The summed E-state index contributed by atoms with van der Waals surface area (Å²) >= 11 is 0. The summed E-state index contributed by atoms with van der Waals surface area (Å²) in [5, 5.41) is 19.4. The Bertz CT molecular complexity index is 571. The molecule has 3 N–H and O–H groups in total. The van der Waals surface area contributed by atoms with E-state index in [0.717, 1.165) is 12.8 Å². The molecule has 0 saturated heterocycles. The van der Waals surface area contributed by atoms with Gasteiger partial charge in [0, 0.05) is 23.2 Å². The maximum absolute atomic E-state index is 11.7. The first-order valence-corrected chi connectivity index (χ1v) is 6.50. The quantitative estimate of drug-likeness (QED) is 0.696. The fraction of sp³-hybridized carbons (Fsp3) is 0.692. The lowest BCUT2D eigenvalue weighted by molar-refractivity contribution is 0.0353. The van der Waals surface area contributed by atoms with Crippen LogP contribution in [0.15, 0.2) is 15.8 Å². The Morgan fingerprint density at radius 3 is 2.63 bits per heavy atom. The molecule has 6 heteroatoms. The molecular formula is C13H20N2O4. The molecule has 1 heterocycles. The van der Waals surface area contributed by atoms with Crippen molar-refractivity contribution < 1.29 is 10.2 Å². The van der Waals surface area contributed by atoms with Crippen molar-refractivity contribution >= 4 is 0 Å². The fourth-order valence-corrected chi connectivity index (χ4v) is 2.36. The summed E-state index contributed by atoms with van der Waals surface area (Å²) in [7, 11) is 0. The van der Waals surface area contributed by atoms with Crippen LogP contribution in [0.1, 0.15) is 37.8 Å². The van der Waals surface area contributed by atoms with Crippen LogP contribution in [0.5, 0.6) is 0 Å². The molecule has 106 valence electrons. The summed E-state index contributed by atoms with van der Waals surface area (Å²) in [6, 6.07) is -0.234. The largest absolute Gasteiger partial charge is 0.396 e. The van der Waals surface area contributed by atoms with Gasteiger partial charge in [-0.1, -0.05) is 0 Å². The van der Waals surface area contributed by atoms with E-state index >= 15 is 0 Å². The molecule has 1 saturated carbocycles. The van der Waals surface area contributed by atoms with Crippen molar-refractivity contribution in [2.45, 2.75) is 45.3 Å². The molecule has 0 bridgehead atoms. The highest BCUT2D eigenvalue weighted by Gasteiger charge is 2.48. The van der Waals surface area contributed by atoms with Crippen molar-refractivity contribution in [1.29, 1.82) is 0 Å². The molecule has 2 atom stereocenters. The molecule has 0 unspecified atom stereocenters. The molecule has 1 aliphatic rings. The SMILES string of the molecule is Cc1cn([C@H](C)C[C@H](O)C2(CO)CC2)c(=O)[nH]c1=O. The van der Waals surface area contributed by atoms with Gasteiger partial charge in [0.2, 0.25) is 0 Å². The van der Waals surface area contributed by atoms with Crippen LogP contribution in [-0.2, 0) is 0 Å². The maximum Gasteiger partial charge on any atom is 0.328 e. The summed E-state index contributed by atoms with van der Waals surface area (Å²) in [6.07, 6.45) is 2.89. The third-order valence-electron chi connectivity index (χ3n) is 4.10. The van der Waals surface area contributed by atoms with Gasteiger partial charge in [-0.05, 0) is 33.1 Å². The number of nitrogens with one attached hydrogen (secondary N) is 1. The number of hydrogen-bond donors (Lipinski definition) is 3. The van der Waals surface area contributed by atoms with E-state index in [1.54, 1.807) is 6.92 Å². The molecule has 0 aromatic carbocycles. The molecule has 19 heavy (non-hydrogen) atoms. The summed E-state index contributed by atoms with van der Waals surface area (Å²) < 4.78 is 1.42. The lowest BCUT2D eigenvalue weighted by atomic mass is 9.94. The molecule has 1 aromatic rings. The minimum atomic E-state index is -0.633. The van der Waals surface area contributed by atoms with Gasteiger partial charge in [-0.25, -0.2) is 4.79 Å². The van der Waals surface area contributed by atoms with Crippen LogP contribution in [0.4, 0.5) is 0 Å². The van der Waals surface area contributed by atoms with Crippen LogP contribution >= 0.6 is 0 Å². The monoisotopic (exact) mass is 268 g/mol. The standard InChI is InChI=1S/C13H20N2O4/c1-8-6-15(12(19)14-11(8)18)9(2)5-10(17)13(7-16)3-4-13/h6,9-10,16-17H,3-5,7H2,1-2H3,(H,14,18,19)/t9-,10+/m1/s1. The van der Waals surface area contributed by atoms with Crippen molar-refractivity contribution in [2.24, 2.45) is 5.41 Å². The van der Waals surface area contributed by atoms with Crippen LogP contribution in [0.3, 0.4) is 0 Å². The Kier molecular flexibility index (Phi) is 3.64. The van der Waals surface area contributed by atoms with Gasteiger partial charge in [0.1, 0.15) is 0 Å².